The van der Waals surface area contributed by atoms with Crippen molar-refractivity contribution in [3.05, 3.63) is 18.2 Å². The molecule has 0 aliphatic heterocycles. The molecule has 11 heavy (non-hydrogen) atoms. The molecule has 5 heteroatoms. The Morgan fingerprint density at radius 3 is 3.09 bits per heavy atom. The first-order valence-corrected chi connectivity index (χ1v) is 3.59. The molecule has 0 bridgehead atoms. The van der Waals surface area contributed by atoms with Gasteiger partial charge in [-0.15, -0.1) is 0 Å². The van der Waals surface area contributed by atoms with E-state index in [4.69, 9.17) is 5.73 Å². The molecular weight excluding hydrogens is 189 g/mol. The van der Waals surface area contributed by atoms with Crippen LogP contribution in [0.15, 0.2) is 12.5 Å². The number of hydrogen-bond donors (Lipinski definition) is 2. The van der Waals surface area contributed by atoms with Gasteiger partial charge in [0.05, 0.1) is 0 Å². The van der Waals surface area contributed by atoms with Crippen LogP contribution in [0.4, 0.5) is 0 Å². The van der Waals surface area contributed by atoms with Crippen LogP contribution in [0, 0.1) is 0 Å². The molecule has 1 aromatic heterocycles. The van der Waals surface area contributed by atoms with E-state index in [1.54, 1.807) is 12.5 Å². The minimum atomic E-state index is -0.585. The van der Waals surface area contributed by atoms with Gasteiger partial charge < -0.3 is 0 Å². The number of aromatic amines is 1. The predicted octanol–water partition coefficient (Wildman–Crippen LogP) is -0.647. The van der Waals surface area contributed by atoms with Gasteiger partial charge >= 0.3 is 71.4 Å². The molecule has 1 atom stereocenters. The second-order valence-electron chi connectivity index (χ2n) is 2.14. The second-order valence-corrected chi connectivity index (χ2v) is 2.63. The number of aromatic nitrogens is 2. The fraction of sp³-hybridized carbons (Fsp3) is 0.333. The van der Waals surface area contributed by atoms with Crippen molar-refractivity contribution in [3.63, 3.8) is 0 Å². The first-order chi connectivity index (χ1) is 5.20. The average Bonchev–Trinajstić information content (AvgIpc) is 2.39. The number of imidazole rings is 1. The van der Waals surface area contributed by atoms with Crippen LogP contribution in [-0.4, -0.2) is 20.8 Å². The van der Waals surface area contributed by atoms with Crippen LogP contribution in [-0.2, 0) is 26.7 Å². The topological polar surface area (TPSA) is 71.8 Å². The Labute approximate surface area is 71.9 Å². The molecule has 0 spiro atoms. The van der Waals surface area contributed by atoms with Gasteiger partial charge in [-0.3, -0.25) is 0 Å². The van der Waals surface area contributed by atoms with Crippen molar-refractivity contribution in [3.8, 4) is 0 Å². The summed E-state index contributed by atoms with van der Waals surface area (Å²) < 4.78 is -0.381. The van der Waals surface area contributed by atoms with E-state index in [2.05, 4.69) is 25.4 Å². The first kappa shape index (κ1) is 8.43. The summed E-state index contributed by atoms with van der Waals surface area (Å²) in [5.74, 6) is 0. The number of nitrogens with two attached hydrogens (primary N) is 1. The van der Waals surface area contributed by atoms with Crippen molar-refractivity contribution in [2.75, 3.05) is 0 Å². The second kappa shape index (κ2) is 3.65. The number of nitrogens with one attached hydrogen (secondary N) is 1. The predicted molar refractivity (Wildman–Crippen MR) is 35.3 cm³/mol. The van der Waals surface area contributed by atoms with Crippen molar-refractivity contribution >= 4 is 4.75 Å². The van der Waals surface area contributed by atoms with E-state index in [0.29, 0.717) is 6.42 Å². The van der Waals surface area contributed by atoms with Gasteiger partial charge in [-0.25, -0.2) is 0 Å². The number of nitrogens with zero attached hydrogens (tertiary/aromatic N) is 1. The maximum atomic E-state index is 10.5. The van der Waals surface area contributed by atoms with Crippen molar-refractivity contribution < 1.29 is 20.3 Å². The van der Waals surface area contributed by atoms with Crippen molar-refractivity contribution in [1.82, 2.24) is 9.97 Å². The van der Waals surface area contributed by atoms with Crippen LogP contribution >= 0.6 is 0 Å². The van der Waals surface area contributed by atoms with E-state index >= 15 is 0 Å². The fourth-order valence-electron chi connectivity index (χ4n) is 0.702. The van der Waals surface area contributed by atoms with E-state index in [1.807, 2.05) is 0 Å². The maximum absolute atomic E-state index is 10.5. The molecule has 4 nitrogen and oxygen atoms in total. The third kappa shape index (κ3) is 2.44. The van der Waals surface area contributed by atoms with Crippen molar-refractivity contribution in [2.24, 2.45) is 5.73 Å². The quantitative estimate of drug-likeness (QED) is 0.632. The normalized spacial score (nSPS) is 13.0. The van der Waals surface area contributed by atoms with Crippen molar-refractivity contribution in [1.29, 1.82) is 0 Å². The van der Waals surface area contributed by atoms with Crippen LogP contribution in [0.3, 0.4) is 0 Å². The molecular formula is C6H8N3NiO. The zero-order valence-corrected chi connectivity index (χ0v) is 6.68. The molecule has 0 fully saturated rings. The monoisotopic (exact) mass is 196 g/mol. The van der Waals surface area contributed by atoms with Crippen LogP contribution in [0.25, 0.3) is 0 Å². The summed E-state index contributed by atoms with van der Waals surface area (Å²) in [7, 11) is 0. The van der Waals surface area contributed by atoms with Crippen molar-refractivity contribution in [2.45, 2.75) is 12.5 Å². The van der Waals surface area contributed by atoms with E-state index in [1.165, 1.54) is 0 Å². The molecule has 1 rings (SSSR count). The molecule has 1 aromatic rings. The minimum absolute atomic E-state index is 0.381. The summed E-state index contributed by atoms with van der Waals surface area (Å²) >= 11 is 4.08. The van der Waals surface area contributed by atoms with Crippen LogP contribution in [0.1, 0.15) is 5.69 Å². The number of hydrogen-bond acceptors (Lipinski definition) is 3. The Kier molecular flexibility index (Phi) is 2.79. The molecule has 63 valence electrons. The molecule has 0 aliphatic rings. The summed E-state index contributed by atoms with van der Waals surface area (Å²) in [6, 6.07) is -0.585. The van der Waals surface area contributed by atoms with Gasteiger partial charge in [0.15, 0.2) is 0 Å². The Hall–Kier alpha value is -0.666. The third-order valence-electron chi connectivity index (χ3n) is 1.25. The van der Waals surface area contributed by atoms with E-state index in [9.17, 15) is 4.79 Å². The number of H-pyrrole nitrogens is 1. The molecule has 0 saturated heterocycles. The van der Waals surface area contributed by atoms with E-state index in [-0.39, 0.29) is 4.75 Å². The zero-order valence-electron chi connectivity index (χ0n) is 5.69. The average molecular weight is 197 g/mol. The van der Waals surface area contributed by atoms with Gasteiger partial charge in [-0.2, -0.15) is 0 Å². The van der Waals surface area contributed by atoms with Gasteiger partial charge in [0, 0.05) is 0 Å². The summed E-state index contributed by atoms with van der Waals surface area (Å²) in [6.07, 6.45) is 3.66. The van der Waals surface area contributed by atoms with E-state index < -0.39 is 6.04 Å². The summed E-state index contributed by atoms with van der Waals surface area (Å²) in [6.45, 7) is 0. The molecule has 0 aromatic carbocycles. The molecule has 0 aliphatic carbocycles. The number of carbonyl (C=O) groups excluding carboxylic acids is 1. The van der Waals surface area contributed by atoms with E-state index in [0.717, 1.165) is 5.69 Å². The summed E-state index contributed by atoms with van der Waals surface area (Å²) in [5.41, 5.74) is 6.18. The van der Waals surface area contributed by atoms with Crippen LogP contribution in [0.2, 0.25) is 0 Å². The standard InChI is InChI=1S/C6H8N3O.Ni/c7-5(3-10)1-6-2-8-4-9-6;/h2,4-5H,1,7H2,(H,8,9);. The Balaban J connectivity index is 2.50. The molecule has 0 radical (unpaired) electrons. The molecule has 0 saturated carbocycles. The summed E-state index contributed by atoms with van der Waals surface area (Å²) in [4.78, 5) is 17.2. The van der Waals surface area contributed by atoms with Gasteiger partial charge in [-0.05, 0) is 0 Å². The van der Waals surface area contributed by atoms with Gasteiger partial charge in [0.25, 0.3) is 0 Å². The first-order valence-electron chi connectivity index (χ1n) is 3.09. The number of rotatable bonds is 3. The third-order valence-corrected chi connectivity index (χ3v) is 1.62. The molecule has 1 heterocycles. The molecule has 1 unspecified atom stereocenters. The Morgan fingerprint density at radius 1 is 1.91 bits per heavy atom. The SMILES string of the molecule is NC(Cc1c[nH]cn1)[C](=O)[Ni]. The number of carbonyl (C=O) groups is 1. The van der Waals surface area contributed by atoms with Gasteiger partial charge in [0.1, 0.15) is 0 Å². The molecule has 0 amide bonds. The van der Waals surface area contributed by atoms with Gasteiger partial charge in [-0.1, -0.05) is 0 Å². The summed E-state index contributed by atoms with van der Waals surface area (Å²) in [5, 5.41) is 0. The van der Waals surface area contributed by atoms with Crippen LogP contribution in [0.5, 0.6) is 0 Å². The molecule has 3 N–H and O–H groups in total. The Morgan fingerprint density at radius 2 is 2.64 bits per heavy atom. The Bertz CT molecular complexity index is 234. The zero-order chi connectivity index (χ0) is 8.27. The van der Waals surface area contributed by atoms with Gasteiger partial charge in [0.2, 0.25) is 0 Å². The van der Waals surface area contributed by atoms with Crippen LogP contribution < -0.4 is 5.73 Å². The fourth-order valence-corrected chi connectivity index (χ4v) is 0.803.